The van der Waals surface area contributed by atoms with Crippen LogP contribution >= 0.6 is 0 Å². The molecule has 0 saturated carbocycles. The Morgan fingerprint density at radius 3 is 2.93 bits per heavy atom. The lowest BCUT2D eigenvalue weighted by Gasteiger charge is -2.24. The second kappa shape index (κ2) is 7.16. The Kier molecular flexibility index (Phi) is 4.35. The molecule has 3 heterocycles. The number of nitrogens with zero attached hydrogens (tertiary/aromatic N) is 2. The lowest BCUT2D eigenvalue weighted by atomic mass is 10.0. The van der Waals surface area contributed by atoms with Gasteiger partial charge in [-0.15, -0.1) is 0 Å². The number of aromatic nitrogens is 1. The summed E-state index contributed by atoms with van der Waals surface area (Å²) in [6.45, 7) is 0.895. The molecule has 0 radical (unpaired) electrons. The average Bonchev–Trinajstić information content (AvgIpc) is 3.52. The molecule has 7 nitrogen and oxygen atoms in total. The van der Waals surface area contributed by atoms with Crippen molar-refractivity contribution in [1.29, 1.82) is 0 Å². The third-order valence-electron chi connectivity index (χ3n) is 5.38. The summed E-state index contributed by atoms with van der Waals surface area (Å²) in [6, 6.07) is 15.0. The van der Waals surface area contributed by atoms with Gasteiger partial charge in [0, 0.05) is 18.2 Å². The standard InChI is InChI=1S/C22H20N2O5/c1-26-16-5-2-4-14(10-16)18-6-3-9-24(18)22(25)17-12-20(29-23-17)15-7-8-19-21(11-15)28-13-27-19/h2,4-5,7-8,10-12,18H,3,6,9,13H2,1H3. The van der Waals surface area contributed by atoms with Crippen LogP contribution in [0.5, 0.6) is 17.2 Å². The maximum absolute atomic E-state index is 13.1. The number of likely N-dealkylation sites (tertiary alicyclic amines) is 1. The van der Waals surface area contributed by atoms with Crippen molar-refractivity contribution in [3.05, 3.63) is 59.8 Å². The van der Waals surface area contributed by atoms with E-state index in [1.54, 1.807) is 13.2 Å². The summed E-state index contributed by atoms with van der Waals surface area (Å²) in [5.41, 5.74) is 2.15. The van der Waals surface area contributed by atoms with E-state index < -0.39 is 0 Å². The van der Waals surface area contributed by atoms with Crippen LogP contribution in [0.15, 0.2) is 53.1 Å². The minimum absolute atomic E-state index is 0.00305. The predicted octanol–water partition coefficient (Wildman–Crippen LogP) is 4.06. The molecule has 0 N–H and O–H groups in total. The number of methoxy groups -OCH3 is 1. The van der Waals surface area contributed by atoms with Crippen molar-refractivity contribution in [1.82, 2.24) is 10.1 Å². The molecule has 0 aliphatic carbocycles. The highest BCUT2D eigenvalue weighted by molar-refractivity contribution is 5.93. The third-order valence-corrected chi connectivity index (χ3v) is 5.38. The SMILES string of the molecule is COc1cccc(C2CCCN2C(=O)c2cc(-c3ccc4c(c3)OCO4)on2)c1. The Morgan fingerprint density at radius 1 is 1.14 bits per heavy atom. The lowest BCUT2D eigenvalue weighted by Crippen LogP contribution is -2.30. The van der Waals surface area contributed by atoms with Crippen LogP contribution in [0.1, 0.15) is 34.9 Å². The summed E-state index contributed by atoms with van der Waals surface area (Å²) in [7, 11) is 1.64. The van der Waals surface area contributed by atoms with Gasteiger partial charge in [0.25, 0.3) is 5.91 Å². The molecule has 0 bridgehead atoms. The zero-order valence-corrected chi connectivity index (χ0v) is 16.0. The van der Waals surface area contributed by atoms with E-state index in [0.717, 1.165) is 29.7 Å². The van der Waals surface area contributed by atoms with Gasteiger partial charge in [-0.2, -0.15) is 0 Å². The van der Waals surface area contributed by atoms with E-state index in [2.05, 4.69) is 5.16 Å². The fourth-order valence-electron chi connectivity index (χ4n) is 3.91. The second-order valence-corrected chi connectivity index (χ2v) is 7.08. The van der Waals surface area contributed by atoms with Gasteiger partial charge in [-0.1, -0.05) is 17.3 Å². The van der Waals surface area contributed by atoms with Crippen LogP contribution in [0.25, 0.3) is 11.3 Å². The molecule has 148 valence electrons. The molecule has 1 amide bonds. The van der Waals surface area contributed by atoms with Gasteiger partial charge >= 0.3 is 0 Å². The first-order valence-electron chi connectivity index (χ1n) is 9.54. The van der Waals surface area contributed by atoms with Crippen molar-refractivity contribution in [2.24, 2.45) is 0 Å². The average molecular weight is 392 g/mol. The molecule has 29 heavy (non-hydrogen) atoms. The predicted molar refractivity (Wildman–Crippen MR) is 104 cm³/mol. The number of hydrogen-bond acceptors (Lipinski definition) is 6. The first kappa shape index (κ1) is 17.6. The molecular weight excluding hydrogens is 372 g/mol. The van der Waals surface area contributed by atoms with Crippen LogP contribution in [0.3, 0.4) is 0 Å². The van der Waals surface area contributed by atoms with Crippen molar-refractivity contribution >= 4 is 5.91 Å². The quantitative estimate of drug-likeness (QED) is 0.667. The molecule has 7 heteroatoms. The van der Waals surface area contributed by atoms with Gasteiger partial charge in [-0.3, -0.25) is 4.79 Å². The summed E-state index contributed by atoms with van der Waals surface area (Å²) in [4.78, 5) is 15.0. The zero-order valence-electron chi connectivity index (χ0n) is 16.0. The number of carbonyl (C=O) groups excluding carboxylic acids is 1. The number of ether oxygens (including phenoxy) is 3. The van der Waals surface area contributed by atoms with Gasteiger partial charge in [0.05, 0.1) is 13.2 Å². The zero-order chi connectivity index (χ0) is 19.8. The van der Waals surface area contributed by atoms with Crippen molar-refractivity contribution < 1.29 is 23.5 Å². The molecule has 5 rings (SSSR count). The molecule has 2 aliphatic heterocycles. The van der Waals surface area contributed by atoms with Crippen LogP contribution in [-0.2, 0) is 0 Å². The minimum Gasteiger partial charge on any atom is -0.497 e. The number of carbonyl (C=O) groups is 1. The van der Waals surface area contributed by atoms with Crippen LogP contribution in [0.2, 0.25) is 0 Å². The Hall–Kier alpha value is -3.48. The van der Waals surface area contributed by atoms with E-state index >= 15 is 0 Å². The lowest BCUT2D eigenvalue weighted by molar-refractivity contribution is 0.0725. The van der Waals surface area contributed by atoms with Crippen LogP contribution < -0.4 is 14.2 Å². The molecule has 3 aromatic rings. The molecule has 0 spiro atoms. The van der Waals surface area contributed by atoms with Gasteiger partial charge in [0.2, 0.25) is 6.79 Å². The molecule has 2 aromatic carbocycles. The van der Waals surface area contributed by atoms with Crippen LogP contribution in [0.4, 0.5) is 0 Å². The van der Waals surface area contributed by atoms with Crippen molar-refractivity contribution in [3.8, 4) is 28.6 Å². The van der Waals surface area contributed by atoms with E-state index in [1.807, 2.05) is 47.4 Å². The highest BCUT2D eigenvalue weighted by Gasteiger charge is 2.32. The molecule has 1 atom stereocenters. The molecule has 1 saturated heterocycles. The highest BCUT2D eigenvalue weighted by atomic mass is 16.7. The van der Waals surface area contributed by atoms with E-state index in [9.17, 15) is 4.79 Å². The van der Waals surface area contributed by atoms with Crippen molar-refractivity contribution in [2.45, 2.75) is 18.9 Å². The molecule has 1 unspecified atom stereocenters. The maximum atomic E-state index is 13.1. The van der Waals surface area contributed by atoms with Gasteiger partial charge in [-0.25, -0.2) is 0 Å². The van der Waals surface area contributed by atoms with Crippen molar-refractivity contribution in [3.63, 3.8) is 0 Å². The summed E-state index contributed by atoms with van der Waals surface area (Å²) >= 11 is 0. The second-order valence-electron chi connectivity index (χ2n) is 7.08. The van der Waals surface area contributed by atoms with Gasteiger partial charge < -0.3 is 23.6 Å². The van der Waals surface area contributed by atoms with Gasteiger partial charge in [0.1, 0.15) is 5.75 Å². The summed E-state index contributed by atoms with van der Waals surface area (Å²) < 4.78 is 21.5. The first-order chi connectivity index (χ1) is 14.2. The Morgan fingerprint density at radius 2 is 2.03 bits per heavy atom. The topological polar surface area (TPSA) is 74.0 Å². The fraction of sp³-hybridized carbons (Fsp3) is 0.273. The van der Waals surface area contributed by atoms with E-state index in [4.69, 9.17) is 18.7 Å². The molecule has 1 fully saturated rings. The Labute approximate surface area is 167 Å². The van der Waals surface area contributed by atoms with Crippen LogP contribution in [0, 0.1) is 0 Å². The molecule has 1 aromatic heterocycles. The van der Waals surface area contributed by atoms with E-state index in [0.29, 0.717) is 29.5 Å². The van der Waals surface area contributed by atoms with Crippen molar-refractivity contribution in [2.75, 3.05) is 20.4 Å². The highest BCUT2D eigenvalue weighted by Crippen LogP contribution is 2.37. The monoisotopic (exact) mass is 392 g/mol. The number of hydrogen-bond donors (Lipinski definition) is 0. The van der Waals surface area contributed by atoms with Gasteiger partial charge in [0.15, 0.2) is 23.0 Å². The number of amides is 1. The number of rotatable bonds is 4. The van der Waals surface area contributed by atoms with E-state index in [1.165, 1.54) is 0 Å². The number of fused-ring (bicyclic) bond motifs is 1. The maximum Gasteiger partial charge on any atom is 0.276 e. The summed E-state index contributed by atoms with van der Waals surface area (Å²) in [6.07, 6.45) is 1.85. The largest absolute Gasteiger partial charge is 0.497 e. The molecular formula is C22H20N2O5. The first-order valence-corrected chi connectivity index (χ1v) is 9.54. The Bertz CT molecular complexity index is 1060. The number of benzene rings is 2. The van der Waals surface area contributed by atoms with E-state index in [-0.39, 0.29) is 18.7 Å². The molecule has 2 aliphatic rings. The fourth-order valence-corrected chi connectivity index (χ4v) is 3.91. The normalized spacial score (nSPS) is 17.6. The van der Waals surface area contributed by atoms with Crippen LogP contribution in [-0.4, -0.2) is 36.4 Å². The Balaban J connectivity index is 1.39. The summed E-state index contributed by atoms with van der Waals surface area (Å²) in [5.74, 6) is 2.52. The van der Waals surface area contributed by atoms with Gasteiger partial charge in [-0.05, 0) is 48.7 Å². The summed E-state index contributed by atoms with van der Waals surface area (Å²) in [5, 5.41) is 4.03. The minimum atomic E-state index is -0.133. The smallest absolute Gasteiger partial charge is 0.276 e. The third kappa shape index (κ3) is 3.18.